The van der Waals surface area contributed by atoms with Gasteiger partial charge in [0.1, 0.15) is 23.7 Å². The van der Waals surface area contributed by atoms with Crippen molar-refractivity contribution < 1.29 is 9.53 Å². The second-order valence-corrected chi connectivity index (χ2v) is 8.84. The molecule has 7 nitrogen and oxygen atoms in total. The second kappa shape index (κ2) is 9.55. The number of benzene rings is 2. The highest BCUT2D eigenvalue weighted by Gasteiger charge is 2.24. The molecule has 2 aromatic heterocycles. The third kappa shape index (κ3) is 4.33. The Morgan fingerprint density at radius 1 is 0.971 bits per heavy atom. The summed E-state index contributed by atoms with van der Waals surface area (Å²) in [6.07, 6.45) is 7.01. The number of rotatable bonds is 6. The molecule has 0 bridgehead atoms. The van der Waals surface area contributed by atoms with Gasteiger partial charge in [0.2, 0.25) is 0 Å². The summed E-state index contributed by atoms with van der Waals surface area (Å²) in [5.41, 5.74) is 4.27. The Kier molecular flexibility index (Phi) is 6.16. The van der Waals surface area contributed by atoms with Crippen LogP contribution < -0.4 is 9.64 Å². The number of aromatic nitrogens is 3. The zero-order valence-electron chi connectivity index (χ0n) is 19.6. The Bertz CT molecular complexity index is 1280. The summed E-state index contributed by atoms with van der Waals surface area (Å²) in [4.78, 5) is 21.3. The fourth-order valence-corrected chi connectivity index (χ4v) is 4.40. The monoisotopic (exact) mass is 455 g/mol. The van der Waals surface area contributed by atoms with E-state index in [9.17, 15) is 4.79 Å². The molecule has 0 spiro atoms. The third-order valence-corrected chi connectivity index (χ3v) is 6.21. The van der Waals surface area contributed by atoms with Gasteiger partial charge in [-0.1, -0.05) is 42.5 Å². The van der Waals surface area contributed by atoms with E-state index in [0.717, 1.165) is 54.2 Å². The molecule has 7 heteroatoms. The summed E-state index contributed by atoms with van der Waals surface area (Å²) >= 11 is 0. The molecule has 5 rings (SSSR count). The molecule has 3 heterocycles. The highest BCUT2D eigenvalue weighted by molar-refractivity contribution is 6.00. The predicted molar refractivity (Wildman–Crippen MR) is 133 cm³/mol. The Morgan fingerprint density at radius 3 is 2.41 bits per heavy atom. The minimum atomic E-state index is -0.0974. The lowest BCUT2D eigenvalue weighted by molar-refractivity contribution is 0.0829. The van der Waals surface area contributed by atoms with Crippen molar-refractivity contribution in [3.05, 3.63) is 78.1 Å². The first-order valence-corrected chi connectivity index (χ1v) is 11.7. The van der Waals surface area contributed by atoms with E-state index < -0.39 is 0 Å². The van der Waals surface area contributed by atoms with E-state index in [2.05, 4.69) is 39.2 Å². The van der Waals surface area contributed by atoms with E-state index in [4.69, 9.17) is 4.74 Å². The van der Waals surface area contributed by atoms with Crippen molar-refractivity contribution in [2.24, 2.45) is 0 Å². The molecule has 1 aliphatic rings. The standard InChI is InChI=1S/C27H29N5O2/c1-30(2)27(33)24-18-29-32-25(24)28-17-23(26(32)31-15-7-4-8-16-31)21-11-13-22(14-12-21)34-19-20-9-5-3-6-10-20/h3,5-6,9-14,17-18H,4,7-8,15-16,19H2,1-2H3. The molecular weight excluding hydrogens is 426 g/mol. The summed E-state index contributed by atoms with van der Waals surface area (Å²) in [6, 6.07) is 18.2. The predicted octanol–water partition coefficient (Wildman–Crippen LogP) is 4.67. The first-order valence-electron chi connectivity index (χ1n) is 11.7. The number of anilines is 1. The number of hydrogen-bond acceptors (Lipinski definition) is 5. The molecular formula is C27H29N5O2. The van der Waals surface area contributed by atoms with Gasteiger partial charge in [-0.05, 0) is 42.5 Å². The molecule has 4 aromatic rings. The zero-order chi connectivity index (χ0) is 23.5. The van der Waals surface area contributed by atoms with E-state index in [-0.39, 0.29) is 5.91 Å². The SMILES string of the molecule is CN(C)C(=O)c1cnn2c(N3CCCCC3)c(-c3ccc(OCc4ccccc4)cc3)cnc12. The van der Waals surface area contributed by atoms with Gasteiger partial charge in [-0.25, -0.2) is 4.98 Å². The number of carbonyl (C=O) groups is 1. The molecule has 0 radical (unpaired) electrons. The van der Waals surface area contributed by atoms with Crippen LogP contribution >= 0.6 is 0 Å². The van der Waals surface area contributed by atoms with E-state index in [1.165, 1.54) is 6.42 Å². The van der Waals surface area contributed by atoms with Crippen molar-refractivity contribution in [1.29, 1.82) is 0 Å². The van der Waals surface area contributed by atoms with Crippen molar-refractivity contribution in [3.8, 4) is 16.9 Å². The number of fused-ring (bicyclic) bond motifs is 1. The van der Waals surface area contributed by atoms with Crippen molar-refractivity contribution in [1.82, 2.24) is 19.5 Å². The Hall–Kier alpha value is -3.87. The van der Waals surface area contributed by atoms with Crippen LogP contribution in [0.4, 0.5) is 5.82 Å². The molecule has 1 fully saturated rings. The summed E-state index contributed by atoms with van der Waals surface area (Å²) in [6.45, 7) is 2.45. The van der Waals surface area contributed by atoms with Crippen LogP contribution in [0.1, 0.15) is 35.2 Å². The number of hydrogen-bond donors (Lipinski definition) is 0. The lowest BCUT2D eigenvalue weighted by atomic mass is 10.1. The molecule has 174 valence electrons. The van der Waals surface area contributed by atoms with Crippen LogP contribution in [0.15, 0.2) is 67.0 Å². The molecule has 1 amide bonds. The Balaban J connectivity index is 1.50. The van der Waals surface area contributed by atoms with Gasteiger partial charge in [-0.15, -0.1) is 0 Å². The maximum atomic E-state index is 12.7. The van der Waals surface area contributed by atoms with Gasteiger partial charge in [0.05, 0.1) is 6.20 Å². The van der Waals surface area contributed by atoms with Crippen molar-refractivity contribution in [2.75, 3.05) is 32.1 Å². The summed E-state index contributed by atoms with van der Waals surface area (Å²) in [5, 5.41) is 4.60. The molecule has 0 unspecified atom stereocenters. The molecule has 34 heavy (non-hydrogen) atoms. The maximum Gasteiger partial charge on any atom is 0.258 e. The Morgan fingerprint density at radius 2 is 1.71 bits per heavy atom. The normalized spacial score (nSPS) is 13.8. The van der Waals surface area contributed by atoms with Gasteiger partial charge in [0.15, 0.2) is 5.65 Å². The topological polar surface area (TPSA) is 63.0 Å². The molecule has 2 aromatic carbocycles. The number of nitrogens with zero attached hydrogens (tertiary/aromatic N) is 5. The average Bonchev–Trinajstić information content (AvgIpc) is 3.32. The van der Waals surface area contributed by atoms with Crippen LogP contribution in [0.25, 0.3) is 16.8 Å². The van der Waals surface area contributed by atoms with Gasteiger partial charge < -0.3 is 14.5 Å². The summed E-state index contributed by atoms with van der Waals surface area (Å²) in [7, 11) is 3.49. The molecule has 1 saturated heterocycles. The van der Waals surface area contributed by atoms with E-state index in [0.29, 0.717) is 17.8 Å². The average molecular weight is 456 g/mol. The molecule has 0 atom stereocenters. The fourth-order valence-electron chi connectivity index (χ4n) is 4.40. The summed E-state index contributed by atoms with van der Waals surface area (Å²) in [5.74, 6) is 1.71. The molecule has 0 N–H and O–H groups in total. The highest BCUT2D eigenvalue weighted by Crippen LogP contribution is 2.34. The van der Waals surface area contributed by atoms with Crippen molar-refractivity contribution >= 4 is 17.4 Å². The molecule has 0 aliphatic carbocycles. The Labute approximate surface area is 199 Å². The van der Waals surface area contributed by atoms with Gasteiger partial charge in [0, 0.05) is 38.9 Å². The van der Waals surface area contributed by atoms with E-state index in [1.54, 1.807) is 25.2 Å². The van der Waals surface area contributed by atoms with Crippen molar-refractivity contribution in [2.45, 2.75) is 25.9 Å². The van der Waals surface area contributed by atoms with E-state index >= 15 is 0 Å². The first kappa shape index (κ1) is 21.9. The van der Waals surface area contributed by atoms with E-state index in [1.807, 2.05) is 41.0 Å². The van der Waals surface area contributed by atoms with Gasteiger partial charge in [-0.2, -0.15) is 9.61 Å². The van der Waals surface area contributed by atoms with Crippen molar-refractivity contribution in [3.63, 3.8) is 0 Å². The van der Waals surface area contributed by atoms with Crippen LogP contribution in [0.3, 0.4) is 0 Å². The highest BCUT2D eigenvalue weighted by atomic mass is 16.5. The smallest absolute Gasteiger partial charge is 0.258 e. The number of carbonyl (C=O) groups excluding carboxylic acids is 1. The summed E-state index contributed by atoms with van der Waals surface area (Å²) < 4.78 is 7.80. The maximum absolute atomic E-state index is 12.7. The number of amides is 1. The lowest BCUT2D eigenvalue weighted by Crippen LogP contribution is -2.32. The fraction of sp³-hybridized carbons (Fsp3) is 0.296. The minimum absolute atomic E-state index is 0.0974. The number of piperidine rings is 1. The largest absolute Gasteiger partial charge is 0.489 e. The number of ether oxygens (including phenoxy) is 1. The van der Waals surface area contributed by atoms with Gasteiger partial charge in [0.25, 0.3) is 5.91 Å². The van der Waals surface area contributed by atoms with Crippen LogP contribution in [-0.2, 0) is 6.61 Å². The van der Waals surface area contributed by atoms with Crippen LogP contribution in [0.5, 0.6) is 5.75 Å². The molecule has 0 saturated carbocycles. The minimum Gasteiger partial charge on any atom is -0.489 e. The first-order chi connectivity index (χ1) is 16.6. The quantitative estimate of drug-likeness (QED) is 0.423. The van der Waals surface area contributed by atoms with Gasteiger partial charge >= 0.3 is 0 Å². The second-order valence-electron chi connectivity index (χ2n) is 8.84. The third-order valence-electron chi connectivity index (χ3n) is 6.21. The lowest BCUT2D eigenvalue weighted by Gasteiger charge is -2.30. The van der Waals surface area contributed by atoms with Crippen LogP contribution in [0, 0.1) is 0 Å². The van der Waals surface area contributed by atoms with Crippen LogP contribution in [-0.4, -0.2) is 52.6 Å². The molecule has 1 aliphatic heterocycles. The van der Waals surface area contributed by atoms with Crippen LogP contribution in [0.2, 0.25) is 0 Å². The van der Waals surface area contributed by atoms with Gasteiger partial charge in [-0.3, -0.25) is 4.79 Å². The zero-order valence-corrected chi connectivity index (χ0v) is 19.6.